The van der Waals surface area contributed by atoms with E-state index >= 15 is 0 Å². The molecule has 3 nitrogen and oxygen atoms in total. The molecule has 0 bridgehead atoms. The van der Waals surface area contributed by atoms with Crippen LogP contribution in [0.3, 0.4) is 0 Å². The van der Waals surface area contributed by atoms with E-state index in [1.165, 1.54) is 0 Å². The van der Waals surface area contributed by atoms with Crippen molar-refractivity contribution >= 4 is 39.4 Å². The van der Waals surface area contributed by atoms with Gasteiger partial charge in [0, 0.05) is 21.9 Å². The van der Waals surface area contributed by atoms with Crippen LogP contribution in [0.1, 0.15) is 0 Å². The zero-order chi connectivity index (χ0) is 8.97. The summed E-state index contributed by atoms with van der Waals surface area (Å²) in [6.07, 6.45) is 0. The Balaban J connectivity index is 2.76. The van der Waals surface area contributed by atoms with E-state index in [-0.39, 0.29) is 5.96 Å². The maximum atomic E-state index is 5.35. The van der Waals surface area contributed by atoms with E-state index in [9.17, 15) is 0 Å². The van der Waals surface area contributed by atoms with Crippen LogP contribution < -0.4 is 11.1 Å². The van der Waals surface area contributed by atoms with Crippen LogP contribution in [0.4, 0.5) is 5.69 Å². The fraction of sp³-hybridized carbons (Fsp3) is 0. The van der Waals surface area contributed by atoms with E-state index in [0.717, 1.165) is 10.2 Å². The van der Waals surface area contributed by atoms with Gasteiger partial charge >= 0.3 is 0 Å². The standard InChI is InChI=1S/C7H7BrClN3/c8-5-2-1-3-6(4-5)11-7(10)12-9/h1-4H,(H3,10,11,12). The molecule has 5 heteroatoms. The largest absolute Gasteiger partial charge is 0.369 e. The lowest BCUT2D eigenvalue weighted by Gasteiger charge is -2.03. The summed E-state index contributed by atoms with van der Waals surface area (Å²) in [6, 6.07) is 7.53. The van der Waals surface area contributed by atoms with Crippen LogP contribution in [0.5, 0.6) is 0 Å². The van der Waals surface area contributed by atoms with E-state index in [4.69, 9.17) is 17.5 Å². The summed E-state index contributed by atoms with van der Waals surface area (Å²) in [6.45, 7) is 0. The van der Waals surface area contributed by atoms with E-state index in [0.29, 0.717) is 0 Å². The molecule has 0 atom stereocenters. The highest BCUT2D eigenvalue weighted by Crippen LogP contribution is 2.15. The highest BCUT2D eigenvalue weighted by molar-refractivity contribution is 9.10. The molecule has 0 fully saturated rings. The van der Waals surface area contributed by atoms with Crippen molar-refractivity contribution in [3.63, 3.8) is 0 Å². The summed E-state index contributed by atoms with van der Waals surface area (Å²) < 4.78 is 4.22. The summed E-state index contributed by atoms with van der Waals surface area (Å²) in [4.78, 5) is 0. The zero-order valence-electron chi connectivity index (χ0n) is 6.09. The molecule has 0 saturated heterocycles. The molecular formula is C7H7BrClN3. The first kappa shape index (κ1) is 9.35. The lowest BCUT2D eigenvalue weighted by molar-refractivity contribution is 1.53. The number of hydrogen-bond acceptors (Lipinski definition) is 1. The molecule has 0 unspecified atom stereocenters. The van der Waals surface area contributed by atoms with Crippen LogP contribution in [0, 0.1) is 0 Å². The fourth-order valence-corrected chi connectivity index (χ4v) is 1.18. The van der Waals surface area contributed by atoms with Crippen molar-refractivity contribution in [3.8, 4) is 0 Å². The molecule has 0 saturated carbocycles. The molecule has 0 aliphatic rings. The third-order valence-corrected chi connectivity index (χ3v) is 1.86. The Morgan fingerprint density at radius 3 is 2.92 bits per heavy atom. The summed E-state index contributed by atoms with van der Waals surface area (Å²) in [7, 11) is 0. The second-order valence-corrected chi connectivity index (χ2v) is 3.19. The minimum absolute atomic E-state index is 0.176. The molecule has 12 heavy (non-hydrogen) atoms. The van der Waals surface area contributed by atoms with Gasteiger partial charge in [0.05, 0.1) is 0 Å². The smallest absolute Gasteiger partial charge is 0.210 e. The van der Waals surface area contributed by atoms with Crippen molar-refractivity contribution in [1.82, 2.24) is 0 Å². The second kappa shape index (κ2) is 4.33. The van der Waals surface area contributed by atoms with Gasteiger partial charge in [0.1, 0.15) is 0 Å². The number of benzene rings is 1. The lowest BCUT2D eigenvalue weighted by Crippen LogP contribution is -2.21. The minimum atomic E-state index is 0.176. The number of guanidine groups is 1. The third-order valence-electron chi connectivity index (χ3n) is 1.19. The number of nitrogens with two attached hydrogens (primary N) is 1. The maximum Gasteiger partial charge on any atom is 0.210 e. The average Bonchev–Trinajstić information content (AvgIpc) is 2.04. The van der Waals surface area contributed by atoms with Gasteiger partial charge in [-0.05, 0) is 18.2 Å². The molecule has 0 amide bonds. The molecule has 0 aliphatic heterocycles. The van der Waals surface area contributed by atoms with E-state index in [2.05, 4.69) is 25.8 Å². The van der Waals surface area contributed by atoms with Gasteiger partial charge in [-0.3, -0.25) is 0 Å². The van der Waals surface area contributed by atoms with Crippen molar-refractivity contribution < 1.29 is 0 Å². The quantitative estimate of drug-likeness (QED) is 0.592. The highest BCUT2D eigenvalue weighted by Gasteiger charge is 1.93. The Labute approximate surface area is 83.9 Å². The van der Waals surface area contributed by atoms with Gasteiger partial charge in [0.15, 0.2) is 0 Å². The molecule has 0 aliphatic carbocycles. The van der Waals surface area contributed by atoms with Crippen LogP contribution in [0.15, 0.2) is 33.2 Å². The van der Waals surface area contributed by atoms with Crippen LogP contribution in [-0.4, -0.2) is 5.96 Å². The molecule has 3 N–H and O–H groups in total. The third kappa shape index (κ3) is 2.71. The van der Waals surface area contributed by atoms with E-state index in [1.807, 2.05) is 24.3 Å². The van der Waals surface area contributed by atoms with Crippen molar-refractivity contribution in [1.29, 1.82) is 0 Å². The molecule has 0 radical (unpaired) electrons. The average molecular weight is 249 g/mol. The molecule has 1 aromatic carbocycles. The normalized spacial score (nSPS) is 11.3. The van der Waals surface area contributed by atoms with Crippen molar-refractivity contribution in [2.24, 2.45) is 10.2 Å². The first-order valence-electron chi connectivity index (χ1n) is 3.19. The number of halogens is 2. The van der Waals surface area contributed by atoms with Crippen LogP contribution >= 0.6 is 27.7 Å². The number of nitrogens with zero attached hydrogens (tertiary/aromatic N) is 1. The molecule has 1 aromatic rings. The van der Waals surface area contributed by atoms with Gasteiger partial charge in [-0.1, -0.05) is 22.0 Å². The second-order valence-electron chi connectivity index (χ2n) is 2.11. The summed E-state index contributed by atoms with van der Waals surface area (Å²) in [5.74, 6) is 0.176. The highest BCUT2D eigenvalue weighted by atomic mass is 79.9. The molecule has 64 valence electrons. The monoisotopic (exact) mass is 247 g/mol. The Morgan fingerprint density at radius 1 is 1.58 bits per heavy atom. The fourth-order valence-electron chi connectivity index (χ4n) is 0.735. The van der Waals surface area contributed by atoms with Gasteiger partial charge in [-0.25, -0.2) is 0 Å². The van der Waals surface area contributed by atoms with Crippen LogP contribution in [0.2, 0.25) is 0 Å². The Hall–Kier alpha value is -0.740. The van der Waals surface area contributed by atoms with Gasteiger partial charge < -0.3 is 11.1 Å². The van der Waals surface area contributed by atoms with Crippen molar-refractivity contribution in [2.75, 3.05) is 5.32 Å². The molecule has 0 aromatic heterocycles. The zero-order valence-corrected chi connectivity index (χ0v) is 8.43. The first-order valence-corrected chi connectivity index (χ1v) is 4.32. The van der Waals surface area contributed by atoms with E-state index in [1.54, 1.807) is 0 Å². The Kier molecular flexibility index (Phi) is 3.37. The van der Waals surface area contributed by atoms with Gasteiger partial charge in [0.25, 0.3) is 0 Å². The van der Waals surface area contributed by atoms with Gasteiger partial charge in [0.2, 0.25) is 5.96 Å². The van der Waals surface area contributed by atoms with E-state index < -0.39 is 0 Å². The number of nitrogens with one attached hydrogen (secondary N) is 1. The topological polar surface area (TPSA) is 50.4 Å². The number of anilines is 1. The molecule has 1 rings (SSSR count). The minimum Gasteiger partial charge on any atom is -0.369 e. The number of rotatable bonds is 1. The predicted molar refractivity (Wildman–Crippen MR) is 55.2 cm³/mol. The maximum absolute atomic E-state index is 5.35. The SMILES string of the molecule is NC(=NCl)Nc1cccc(Br)c1. The number of hydrogen-bond donors (Lipinski definition) is 2. The van der Waals surface area contributed by atoms with Crippen LogP contribution in [-0.2, 0) is 0 Å². The van der Waals surface area contributed by atoms with Crippen LogP contribution in [0.25, 0.3) is 0 Å². The van der Waals surface area contributed by atoms with Gasteiger partial charge in [-0.15, -0.1) is 4.51 Å². The molecule has 0 spiro atoms. The Bertz CT molecular complexity index is 300. The van der Waals surface area contributed by atoms with Crippen molar-refractivity contribution in [2.45, 2.75) is 0 Å². The summed E-state index contributed by atoms with van der Waals surface area (Å²) in [5.41, 5.74) is 6.19. The summed E-state index contributed by atoms with van der Waals surface area (Å²) in [5, 5.41) is 2.80. The van der Waals surface area contributed by atoms with Crippen molar-refractivity contribution in [3.05, 3.63) is 28.7 Å². The lowest BCUT2D eigenvalue weighted by atomic mass is 10.3. The Morgan fingerprint density at radius 2 is 2.33 bits per heavy atom. The summed E-state index contributed by atoms with van der Waals surface area (Å²) >= 11 is 8.45. The first-order chi connectivity index (χ1) is 5.72. The predicted octanol–water partition coefficient (Wildman–Crippen LogP) is 2.33. The molecule has 0 heterocycles. The van der Waals surface area contributed by atoms with Gasteiger partial charge in [-0.2, -0.15) is 0 Å². The molecular weight excluding hydrogens is 241 g/mol.